The molecule has 0 N–H and O–H groups in total. The standard InChI is InChI=1S/C16H16/c1-14-7-5-6-10-16(13-14)12-11-15-8-3-2-4-9-15/h2-14H,1H3/b12-11-. The largest absolute Gasteiger partial charge is 0.0779 e. The molecule has 0 nitrogen and oxygen atoms in total. The van der Waals surface area contributed by atoms with Gasteiger partial charge < -0.3 is 0 Å². The van der Waals surface area contributed by atoms with Crippen molar-refractivity contribution in [2.24, 2.45) is 5.92 Å². The van der Waals surface area contributed by atoms with Crippen molar-refractivity contribution in [3.05, 3.63) is 77.9 Å². The summed E-state index contributed by atoms with van der Waals surface area (Å²) in [5.41, 5.74) is 2.50. The highest BCUT2D eigenvalue weighted by Gasteiger charge is 1.95. The predicted molar refractivity (Wildman–Crippen MR) is 71.0 cm³/mol. The Morgan fingerprint density at radius 1 is 1.00 bits per heavy atom. The third-order valence-electron chi connectivity index (χ3n) is 2.54. The zero-order valence-electron chi connectivity index (χ0n) is 9.51. The first kappa shape index (κ1) is 10.7. The predicted octanol–water partition coefficient (Wildman–Crippen LogP) is 4.39. The van der Waals surface area contributed by atoms with Gasteiger partial charge in [0, 0.05) is 0 Å². The monoisotopic (exact) mass is 208 g/mol. The second-order valence-corrected chi connectivity index (χ2v) is 4.01. The Labute approximate surface area is 97.3 Å². The van der Waals surface area contributed by atoms with E-state index in [2.05, 4.69) is 73.7 Å². The van der Waals surface area contributed by atoms with Gasteiger partial charge >= 0.3 is 0 Å². The highest BCUT2D eigenvalue weighted by atomic mass is 14.0. The van der Waals surface area contributed by atoms with Gasteiger partial charge in [-0.05, 0) is 17.1 Å². The molecule has 1 aromatic rings. The Bertz CT molecular complexity index is 444. The van der Waals surface area contributed by atoms with Gasteiger partial charge in [0.05, 0.1) is 0 Å². The third-order valence-corrected chi connectivity index (χ3v) is 2.54. The maximum absolute atomic E-state index is 2.26. The van der Waals surface area contributed by atoms with Crippen molar-refractivity contribution in [3.8, 4) is 0 Å². The van der Waals surface area contributed by atoms with E-state index >= 15 is 0 Å². The van der Waals surface area contributed by atoms with E-state index in [0.29, 0.717) is 5.92 Å². The minimum Gasteiger partial charge on any atom is -0.0779 e. The van der Waals surface area contributed by atoms with Gasteiger partial charge in [-0.1, -0.05) is 79.8 Å². The van der Waals surface area contributed by atoms with E-state index in [-0.39, 0.29) is 0 Å². The molecule has 0 heterocycles. The van der Waals surface area contributed by atoms with Crippen LogP contribution in [0.15, 0.2) is 72.4 Å². The fraction of sp³-hybridized carbons (Fsp3) is 0.125. The molecule has 1 aliphatic rings. The molecule has 1 unspecified atom stereocenters. The van der Waals surface area contributed by atoms with E-state index in [1.165, 1.54) is 11.1 Å². The summed E-state index contributed by atoms with van der Waals surface area (Å²) in [5.74, 6) is 0.505. The molecule has 0 saturated heterocycles. The Kier molecular flexibility index (Phi) is 3.55. The van der Waals surface area contributed by atoms with Crippen LogP contribution in [0.25, 0.3) is 6.08 Å². The molecule has 0 aliphatic heterocycles. The van der Waals surface area contributed by atoms with Crippen LogP contribution in [-0.2, 0) is 0 Å². The normalized spacial score (nSPS) is 19.8. The molecule has 0 amide bonds. The minimum atomic E-state index is 0.505. The van der Waals surface area contributed by atoms with E-state index in [9.17, 15) is 0 Å². The Morgan fingerprint density at radius 2 is 1.81 bits per heavy atom. The molecule has 80 valence electrons. The van der Waals surface area contributed by atoms with Crippen LogP contribution in [0, 0.1) is 5.92 Å². The summed E-state index contributed by atoms with van der Waals surface area (Å²) in [6.07, 6.45) is 15.1. The molecule has 1 aromatic carbocycles. The summed E-state index contributed by atoms with van der Waals surface area (Å²) in [5, 5.41) is 0. The van der Waals surface area contributed by atoms with Gasteiger partial charge in [0.1, 0.15) is 0 Å². The number of rotatable bonds is 2. The molecule has 0 spiro atoms. The molecule has 2 rings (SSSR count). The Hall–Kier alpha value is -1.82. The summed E-state index contributed by atoms with van der Waals surface area (Å²) >= 11 is 0. The topological polar surface area (TPSA) is 0 Å². The molecule has 0 saturated carbocycles. The lowest BCUT2D eigenvalue weighted by Gasteiger charge is -1.98. The first-order valence-corrected chi connectivity index (χ1v) is 5.64. The molecule has 0 aromatic heterocycles. The van der Waals surface area contributed by atoms with E-state index in [1.807, 2.05) is 6.07 Å². The molecule has 16 heavy (non-hydrogen) atoms. The molecule has 0 bridgehead atoms. The lowest BCUT2D eigenvalue weighted by Crippen LogP contribution is -1.82. The van der Waals surface area contributed by atoms with Gasteiger partial charge in [-0.3, -0.25) is 0 Å². The third kappa shape index (κ3) is 3.09. The van der Waals surface area contributed by atoms with Crippen LogP contribution >= 0.6 is 0 Å². The zero-order valence-corrected chi connectivity index (χ0v) is 9.51. The lowest BCUT2D eigenvalue weighted by atomic mass is 10.1. The van der Waals surface area contributed by atoms with Crippen molar-refractivity contribution < 1.29 is 0 Å². The first-order chi connectivity index (χ1) is 7.84. The van der Waals surface area contributed by atoms with Crippen molar-refractivity contribution in [1.82, 2.24) is 0 Å². The number of allylic oxidation sites excluding steroid dienone is 7. The van der Waals surface area contributed by atoms with Gasteiger partial charge in [0.2, 0.25) is 0 Å². The summed E-state index contributed by atoms with van der Waals surface area (Å²) in [7, 11) is 0. The average Bonchev–Trinajstić information content (AvgIpc) is 2.52. The molecular formula is C16H16. The van der Waals surface area contributed by atoms with Gasteiger partial charge in [-0.25, -0.2) is 0 Å². The first-order valence-electron chi connectivity index (χ1n) is 5.64. The second kappa shape index (κ2) is 5.32. The van der Waals surface area contributed by atoms with Gasteiger partial charge in [0.15, 0.2) is 0 Å². The van der Waals surface area contributed by atoms with E-state index < -0.39 is 0 Å². The maximum Gasteiger partial charge on any atom is -0.00698 e. The van der Waals surface area contributed by atoms with Crippen LogP contribution in [0.4, 0.5) is 0 Å². The van der Waals surface area contributed by atoms with Crippen molar-refractivity contribution in [2.75, 3.05) is 0 Å². The summed E-state index contributed by atoms with van der Waals surface area (Å²) in [6.45, 7) is 2.19. The smallest absolute Gasteiger partial charge is 0.00698 e. The van der Waals surface area contributed by atoms with E-state index in [0.717, 1.165) is 0 Å². The fourth-order valence-corrected chi connectivity index (χ4v) is 1.69. The van der Waals surface area contributed by atoms with Crippen molar-refractivity contribution >= 4 is 6.08 Å². The average molecular weight is 208 g/mol. The quantitative estimate of drug-likeness (QED) is 0.676. The highest BCUT2D eigenvalue weighted by Crippen LogP contribution is 2.13. The van der Waals surface area contributed by atoms with E-state index in [1.54, 1.807) is 0 Å². The van der Waals surface area contributed by atoms with E-state index in [4.69, 9.17) is 0 Å². The summed E-state index contributed by atoms with van der Waals surface area (Å²) in [4.78, 5) is 0. The van der Waals surface area contributed by atoms with Crippen LogP contribution in [0.1, 0.15) is 12.5 Å². The highest BCUT2D eigenvalue weighted by molar-refractivity contribution is 5.55. The SMILES string of the molecule is CC1C=CC=CC(/C=C\c2ccccc2)=C1. The number of hydrogen-bond acceptors (Lipinski definition) is 0. The molecule has 1 aliphatic carbocycles. The molecule has 0 heteroatoms. The van der Waals surface area contributed by atoms with Crippen molar-refractivity contribution in [3.63, 3.8) is 0 Å². The van der Waals surface area contributed by atoms with Crippen LogP contribution < -0.4 is 0 Å². The van der Waals surface area contributed by atoms with Gasteiger partial charge in [-0.15, -0.1) is 0 Å². The number of hydrogen-bond donors (Lipinski definition) is 0. The van der Waals surface area contributed by atoms with Gasteiger partial charge in [0.25, 0.3) is 0 Å². The minimum absolute atomic E-state index is 0.505. The lowest BCUT2D eigenvalue weighted by molar-refractivity contribution is 0.937. The molecule has 0 radical (unpaired) electrons. The molecule has 0 fully saturated rings. The Balaban J connectivity index is 2.13. The second-order valence-electron chi connectivity index (χ2n) is 4.01. The zero-order chi connectivity index (χ0) is 11.2. The Morgan fingerprint density at radius 3 is 2.62 bits per heavy atom. The van der Waals surface area contributed by atoms with Crippen molar-refractivity contribution in [1.29, 1.82) is 0 Å². The molecular weight excluding hydrogens is 192 g/mol. The number of benzene rings is 1. The summed E-state index contributed by atoms with van der Waals surface area (Å²) in [6, 6.07) is 10.4. The molecule has 1 atom stereocenters. The summed E-state index contributed by atoms with van der Waals surface area (Å²) < 4.78 is 0. The van der Waals surface area contributed by atoms with Crippen LogP contribution in [-0.4, -0.2) is 0 Å². The maximum atomic E-state index is 2.26. The van der Waals surface area contributed by atoms with Crippen molar-refractivity contribution in [2.45, 2.75) is 6.92 Å². The van der Waals surface area contributed by atoms with Crippen LogP contribution in [0.3, 0.4) is 0 Å². The fourth-order valence-electron chi connectivity index (χ4n) is 1.69. The van der Waals surface area contributed by atoms with Gasteiger partial charge in [-0.2, -0.15) is 0 Å². The van der Waals surface area contributed by atoms with Crippen LogP contribution in [0.2, 0.25) is 0 Å². The van der Waals surface area contributed by atoms with Crippen LogP contribution in [0.5, 0.6) is 0 Å².